The van der Waals surface area contributed by atoms with Gasteiger partial charge < -0.3 is 23.0 Å². The number of phosphoric acid groups is 1. The second kappa shape index (κ2) is 18.4. The first kappa shape index (κ1) is 34.2. The monoisotopic (exact) mass is 596 g/mol. The van der Waals surface area contributed by atoms with Crippen molar-refractivity contribution in [2.24, 2.45) is 0 Å². The summed E-state index contributed by atoms with van der Waals surface area (Å²) in [4.78, 5) is 22.1. The number of benzene rings is 3. The Morgan fingerprint density at radius 3 is 1.12 bits per heavy atom. The van der Waals surface area contributed by atoms with E-state index in [2.05, 4.69) is 0 Å². The quantitative estimate of drug-likeness (QED) is 0.0791. The van der Waals surface area contributed by atoms with Gasteiger partial charge in [-0.15, -0.1) is 0 Å². The normalized spacial score (nSPS) is 10.8. The molecule has 3 rings (SSSR count). The van der Waals surface area contributed by atoms with E-state index in [0.717, 1.165) is 54.5 Å². The molecule has 3 aromatic rings. The minimum absolute atomic E-state index is 0.393. The van der Waals surface area contributed by atoms with Gasteiger partial charge in [-0.25, -0.2) is 9.59 Å². The number of esters is 2. The predicted octanol–water partition coefficient (Wildman–Crippen LogP) is 8.49. The maximum Gasteiger partial charge on any atom is 0.647 e. The Balaban J connectivity index is 0.000000334. The molecule has 0 aromatic heterocycles. The van der Waals surface area contributed by atoms with Crippen molar-refractivity contribution in [3.8, 4) is 17.2 Å². The van der Waals surface area contributed by atoms with Crippen molar-refractivity contribution in [3.63, 3.8) is 0 Å². The largest absolute Gasteiger partial charge is 0.647 e. The fourth-order valence-electron chi connectivity index (χ4n) is 3.11. The lowest BCUT2D eigenvalue weighted by Crippen LogP contribution is -2.07. The zero-order chi connectivity index (χ0) is 30.8. The van der Waals surface area contributed by atoms with Crippen molar-refractivity contribution in [1.29, 1.82) is 0 Å². The molecular weight excluding hydrogens is 555 g/mol. The van der Waals surface area contributed by atoms with Gasteiger partial charge in [-0.1, -0.05) is 79.8 Å². The van der Waals surface area contributed by atoms with Crippen LogP contribution < -0.4 is 13.6 Å². The Labute approximate surface area is 249 Å². The van der Waals surface area contributed by atoms with Gasteiger partial charge in [0.05, 0.1) is 13.2 Å². The summed E-state index contributed by atoms with van der Waals surface area (Å²) in [6, 6.07) is 21.6. The lowest BCUT2D eigenvalue weighted by molar-refractivity contribution is -0.140. The van der Waals surface area contributed by atoms with Crippen LogP contribution in [0.15, 0.2) is 84.9 Å². The Hall–Kier alpha value is -4.03. The summed E-state index contributed by atoms with van der Waals surface area (Å²) in [5.41, 5.74) is 3.23. The summed E-state index contributed by atoms with van der Waals surface area (Å²) in [5, 5.41) is 0. The topological polar surface area (TPSA) is 97.4 Å². The average Bonchev–Trinajstić information content (AvgIpc) is 2.96. The molecule has 8 nitrogen and oxygen atoms in total. The number of rotatable bonds is 14. The first-order valence-corrected chi connectivity index (χ1v) is 15.5. The van der Waals surface area contributed by atoms with Crippen LogP contribution in [-0.4, -0.2) is 25.2 Å². The van der Waals surface area contributed by atoms with E-state index in [0.29, 0.717) is 30.5 Å². The third kappa shape index (κ3) is 14.0. The van der Waals surface area contributed by atoms with E-state index in [4.69, 9.17) is 23.0 Å². The van der Waals surface area contributed by atoms with Gasteiger partial charge in [0, 0.05) is 12.2 Å². The number of ether oxygens (including phenoxy) is 2. The zero-order valence-electron chi connectivity index (χ0n) is 25.0. The van der Waals surface area contributed by atoms with Crippen molar-refractivity contribution in [3.05, 3.63) is 102 Å². The van der Waals surface area contributed by atoms with Crippen LogP contribution in [0.5, 0.6) is 17.2 Å². The van der Waals surface area contributed by atoms with Gasteiger partial charge in [0.15, 0.2) is 0 Å². The molecule has 0 radical (unpaired) electrons. The molecule has 0 spiro atoms. The third-order valence-electron chi connectivity index (χ3n) is 5.55. The van der Waals surface area contributed by atoms with E-state index < -0.39 is 19.8 Å². The molecule has 0 N–H and O–H groups in total. The van der Waals surface area contributed by atoms with Gasteiger partial charge in [-0.05, 0) is 70.0 Å². The Kier molecular flexibility index (Phi) is 15.0. The minimum atomic E-state index is -3.93. The molecule has 3 aromatic carbocycles. The van der Waals surface area contributed by atoms with Gasteiger partial charge in [0.25, 0.3) is 0 Å². The lowest BCUT2D eigenvalue weighted by atomic mass is 10.2. The smallest absolute Gasteiger partial charge is 0.463 e. The number of hydrogen-bond donors (Lipinski definition) is 0. The number of unbranched alkanes of at least 4 members (excludes halogenated alkanes) is 2. The second-order valence-corrected chi connectivity index (χ2v) is 11.0. The van der Waals surface area contributed by atoms with Crippen LogP contribution in [0.2, 0.25) is 0 Å². The van der Waals surface area contributed by atoms with Crippen LogP contribution in [0.4, 0.5) is 0 Å². The molecule has 0 aliphatic heterocycles. The van der Waals surface area contributed by atoms with E-state index >= 15 is 0 Å². The Bertz CT molecular complexity index is 1150. The number of hydrogen-bond acceptors (Lipinski definition) is 8. The molecule has 0 aliphatic rings. The fraction of sp³-hybridized carbons (Fsp3) is 0.333. The predicted molar refractivity (Wildman–Crippen MR) is 164 cm³/mol. The molecule has 9 heteroatoms. The molecule has 0 heterocycles. The first-order chi connectivity index (χ1) is 20.1. The van der Waals surface area contributed by atoms with E-state index in [1.165, 1.54) is 0 Å². The van der Waals surface area contributed by atoms with Crippen LogP contribution >= 0.6 is 7.82 Å². The van der Waals surface area contributed by atoms with E-state index in [9.17, 15) is 14.2 Å². The number of carbonyl (C=O) groups is 2. The van der Waals surface area contributed by atoms with Crippen LogP contribution in [0, 0.1) is 20.8 Å². The molecule has 0 saturated heterocycles. The standard InChI is InChI=1S/C21H21O4P.C12H20O4/c1-16-4-10-19(11-5-16)23-26(22,24-20-12-6-17(2)7-13-20)25-21-14-8-18(3)9-15-21;1-3-5-9-15-11(13)7-8-12(14)16-10-6-4-2/h4-15H,1-3H3;7-8H,3-6,9-10H2,1-2H3/b;8-7-. The van der Waals surface area contributed by atoms with Gasteiger partial charge >= 0.3 is 19.8 Å². The fourth-order valence-corrected chi connectivity index (χ4v) is 4.36. The molecule has 0 aliphatic carbocycles. The van der Waals surface area contributed by atoms with E-state index in [1.807, 2.05) is 71.0 Å². The van der Waals surface area contributed by atoms with Crippen molar-refractivity contribution >= 4 is 19.8 Å². The highest BCUT2D eigenvalue weighted by Crippen LogP contribution is 2.49. The molecule has 0 bridgehead atoms. The van der Waals surface area contributed by atoms with Crippen molar-refractivity contribution < 1.29 is 37.2 Å². The summed E-state index contributed by atoms with van der Waals surface area (Å²) < 4.78 is 39.9. The maximum absolute atomic E-state index is 13.3. The van der Waals surface area contributed by atoms with Crippen LogP contribution in [0.1, 0.15) is 56.2 Å². The van der Waals surface area contributed by atoms with Gasteiger partial charge in [-0.3, -0.25) is 0 Å². The second-order valence-electron chi connectivity index (χ2n) is 9.54. The summed E-state index contributed by atoms with van der Waals surface area (Å²) in [6.45, 7) is 10.7. The van der Waals surface area contributed by atoms with Crippen LogP contribution in [0.3, 0.4) is 0 Å². The average molecular weight is 597 g/mol. The van der Waals surface area contributed by atoms with Gasteiger partial charge in [0.1, 0.15) is 17.2 Å². The summed E-state index contributed by atoms with van der Waals surface area (Å²) in [5.74, 6) is 0.247. The van der Waals surface area contributed by atoms with E-state index in [1.54, 1.807) is 36.4 Å². The number of aryl methyl sites for hydroxylation is 3. The van der Waals surface area contributed by atoms with Crippen molar-refractivity contribution in [1.82, 2.24) is 0 Å². The molecule has 0 atom stereocenters. The Morgan fingerprint density at radius 2 is 0.857 bits per heavy atom. The highest BCUT2D eigenvalue weighted by Gasteiger charge is 2.33. The van der Waals surface area contributed by atoms with Crippen LogP contribution in [-0.2, 0) is 23.6 Å². The molecule has 226 valence electrons. The third-order valence-corrected chi connectivity index (χ3v) is 6.86. The Morgan fingerprint density at radius 1 is 0.571 bits per heavy atom. The number of carbonyl (C=O) groups excluding carboxylic acids is 2. The van der Waals surface area contributed by atoms with E-state index in [-0.39, 0.29) is 0 Å². The molecule has 0 saturated carbocycles. The maximum atomic E-state index is 13.3. The highest BCUT2D eigenvalue weighted by molar-refractivity contribution is 7.49. The summed E-state index contributed by atoms with van der Waals surface area (Å²) >= 11 is 0. The number of phosphoric ester groups is 1. The SMILES string of the molecule is CCCCOC(=O)/C=C\C(=O)OCCCC.Cc1ccc(OP(=O)(Oc2ccc(C)cc2)Oc2ccc(C)cc2)cc1. The molecule has 42 heavy (non-hydrogen) atoms. The van der Waals surface area contributed by atoms with Crippen molar-refractivity contribution in [2.45, 2.75) is 60.3 Å². The molecular formula is C33H41O8P. The lowest BCUT2D eigenvalue weighted by Gasteiger charge is -2.19. The summed E-state index contributed by atoms with van der Waals surface area (Å²) in [7, 11) is -3.93. The molecule has 0 unspecified atom stereocenters. The molecule has 0 amide bonds. The van der Waals surface area contributed by atoms with Crippen molar-refractivity contribution in [2.75, 3.05) is 13.2 Å². The van der Waals surface area contributed by atoms with Gasteiger partial charge in [-0.2, -0.15) is 4.57 Å². The molecule has 0 fully saturated rings. The zero-order valence-corrected chi connectivity index (χ0v) is 25.9. The minimum Gasteiger partial charge on any atom is -0.463 e. The first-order valence-electron chi connectivity index (χ1n) is 14.0. The van der Waals surface area contributed by atoms with Gasteiger partial charge in [0.2, 0.25) is 0 Å². The summed E-state index contributed by atoms with van der Waals surface area (Å²) in [6.07, 6.45) is 5.81. The highest BCUT2D eigenvalue weighted by atomic mass is 31.2. The van der Waals surface area contributed by atoms with Crippen LogP contribution in [0.25, 0.3) is 0 Å².